The van der Waals surface area contributed by atoms with E-state index in [-0.39, 0.29) is 35.7 Å². The number of esters is 2. The number of phenols is 1. The molecule has 11 heteroatoms. The number of hydrogen-bond donors (Lipinski definition) is 2. The van der Waals surface area contributed by atoms with Crippen molar-refractivity contribution >= 4 is 39.7 Å². The van der Waals surface area contributed by atoms with E-state index >= 15 is 0 Å². The first kappa shape index (κ1) is 38.3. The minimum absolute atomic E-state index is 0.00546. The smallest absolute Gasteiger partial charge is 0.340 e. The molecule has 57 heavy (non-hydrogen) atoms. The van der Waals surface area contributed by atoms with Crippen LogP contribution in [0.3, 0.4) is 0 Å². The van der Waals surface area contributed by atoms with Crippen LogP contribution >= 0.6 is 0 Å². The van der Waals surface area contributed by atoms with Crippen LogP contribution < -0.4 is 14.8 Å². The highest BCUT2D eigenvalue weighted by atomic mass is 16.5. The number of allylic oxidation sites excluding steroid dienone is 1. The molecular weight excluding hydrogens is 723 g/mol. The molecule has 2 N–H and O–H groups in total. The number of benzene rings is 4. The molecular formula is C46H41N3O8. The highest BCUT2D eigenvalue weighted by molar-refractivity contribution is 5.95. The normalized spacial score (nSPS) is 15.7. The summed E-state index contributed by atoms with van der Waals surface area (Å²) < 4.78 is 22.4. The SMILES string of the molecule is CCOC(=O)C1=C(C)Oc2cc(C)ccc2C1c1cnc2ccccc2c1.CCOC(=O)C1=C(NC(C)=O)Oc2cc(O)ccc2C1c1cnc2ccccc2c1. The first-order chi connectivity index (χ1) is 27.6. The topological polar surface area (TPSA) is 146 Å². The summed E-state index contributed by atoms with van der Waals surface area (Å²) in [5.74, 6) is -0.544. The molecule has 4 heterocycles. The Hall–Kier alpha value is -7.01. The number of amides is 1. The van der Waals surface area contributed by atoms with Crippen LogP contribution in [0.25, 0.3) is 21.8 Å². The summed E-state index contributed by atoms with van der Waals surface area (Å²) in [6, 6.07) is 30.4. The maximum Gasteiger partial charge on any atom is 0.340 e. The van der Waals surface area contributed by atoms with Crippen molar-refractivity contribution in [1.82, 2.24) is 15.3 Å². The number of hydrogen-bond acceptors (Lipinski definition) is 10. The molecule has 2 aliphatic rings. The summed E-state index contributed by atoms with van der Waals surface area (Å²) in [4.78, 5) is 46.6. The maximum absolute atomic E-state index is 12.9. The molecule has 0 saturated carbocycles. The Morgan fingerprint density at radius 1 is 0.684 bits per heavy atom. The second-order valence-electron chi connectivity index (χ2n) is 13.6. The third kappa shape index (κ3) is 7.90. The summed E-state index contributed by atoms with van der Waals surface area (Å²) in [7, 11) is 0. The fourth-order valence-corrected chi connectivity index (χ4v) is 7.18. The molecule has 288 valence electrons. The molecule has 2 unspecified atom stereocenters. The monoisotopic (exact) mass is 763 g/mol. The molecule has 0 bridgehead atoms. The van der Waals surface area contributed by atoms with E-state index in [0.717, 1.165) is 49.8 Å². The lowest BCUT2D eigenvalue weighted by atomic mass is 9.82. The Kier molecular flexibility index (Phi) is 11.0. The quantitative estimate of drug-likeness (QED) is 0.152. The van der Waals surface area contributed by atoms with Crippen LogP contribution in [0.1, 0.15) is 67.3 Å². The van der Waals surface area contributed by atoms with Gasteiger partial charge in [0, 0.05) is 53.2 Å². The van der Waals surface area contributed by atoms with Gasteiger partial charge in [0.2, 0.25) is 11.8 Å². The Labute approximate surface area is 329 Å². The highest BCUT2D eigenvalue weighted by Crippen LogP contribution is 2.46. The molecule has 2 atom stereocenters. The predicted molar refractivity (Wildman–Crippen MR) is 215 cm³/mol. The van der Waals surface area contributed by atoms with Gasteiger partial charge in [0.1, 0.15) is 28.6 Å². The third-order valence-electron chi connectivity index (χ3n) is 9.63. The van der Waals surface area contributed by atoms with E-state index in [1.165, 1.54) is 19.1 Å². The minimum Gasteiger partial charge on any atom is -0.508 e. The number of nitrogens with zero attached hydrogens (tertiary/aromatic N) is 2. The number of phenolic OH excluding ortho intramolecular Hbond substituents is 1. The van der Waals surface area contributed by atoms with Crippen LogP contribution in [-0.2, 0) is 23.9 Å². The molecule has 11 nitrogen and oxygen atoms in total. The Balaban J connectivity index is 0.000000175. The van der Waals surface area contributed by atoms with Crippen LogP contribution in [0.4, 0.5) is 0 Å². The summed E-state index contributed by atoms with van der Waals surface area (Å²) in [5.41, 5.74) is 6.84. The first-order valence-electron chi connectivity index (χ1n) is 18.6. The molecule has 0 spiro atoms. The van der Waals surface area contributed by atoms with Crippen LogP contribution in [0.15, 0.2) is 132 Å². The van der Waals surface area contributed by atoms with Gasteiger partial charge in [-0.05, 0) is 80.8 Å². The average molecular weight is 764 g/mol. The number of ether oxygens (including phenoxy) is 4. The molecule has 0 radical (unpaired) electrons. The Morgan fingerprint density at radius 3 is 1.79 bits per heavy atom. The van der Waals surface area contributed by atoms with E-state index in [1.807, 2.05) is 92.8 Å². The third-order valence-corrected chi connectivity index (χ3v) is 9.63. The number of fused-ring (bicyclic) bond motifs is 4. The average Bonchev–Trinajstić information content (AvgIpc) is 3.19. The molecule has 8 rings (SSSR count). The Bertz CT molecular complexity index is 2610. The molecule has 0 saturated heterocycles. The van der Waals surface area contributed by atoms with E-state index in [2.05, 4.69) is 21.4 Å². The molecule has 4 aromatic carbocycles. The van der Waals surface area contributed by atoms with E-state index in [9.17, 15) is 19.5 Å². The summed E-state index contributed by atoms with van der Waals surface area (Å²) in [6.07, 6.45) is 3.54. The largest absolute Gasteiger partial charge is 0.508 e. The zero-order valence-corrected chi connectivity index (χ0v) is 32.2. The number of aryl methyl sites for hydroxylation is 1. The van der Waals surface area contributed by atoms with Gasteiger partial charge in [-0.15, -0.1) is 0 Å². The highest BCUT2D eigenvalue weighted by Gasteiger charge is 2.38. The van der Waals surface area contributed by atoms with Gasteiger partial charge in [-0.2, -0.15) is 0 Å². The van der Waals surface area contributed by atoms with Gasteiger partial charge in [0.25, 0.3) is 0 Å². The van der Waals surface area contributed by atoms with Gasteiger partial charge in [0.15, 0.2) is 0 Å². The zero-order valence-electron chi connectivity index (χ0n) is 32.2. The van der Waals surface area contributed by atoms with Gasteiger partial charge in [-0.1, -0.05) is 54.6 Å². The van der Waals surface area contributed by atoms with Crippen molar-refractivity contribution in [3.8, 4) is 17.2 Å². The van der Waals surface area contributed by atoms with Crippen molar-refractivity contribution in [1.29, 1.82) is 0 Å². The fourth-order valence-electron chi connectivity index (χ4n) is 7.18. The number of para-hydroxylation sites is 2. The molecule has 2 aromatic heterocycles. The lowest BCUT2D eigenvalue weighted by Gasteiger charge is -2.29. The number of nitrogens with one attached hydrogen (secondary N) is 1. The molecule has 0 fully saturated rings. The Morgan fingerprint density at radius 2 is 1.21 bits per heavy atom. The molecule has 6 aromatic rings. The lowest BCUT2D eigenvalue weighted by molar-refractivity contribution is -0.140. The summed E-state index contributed by atoms with van der Waals surface area (Å²) in [6.45, 7) is 9.17. The van der Waals surface area contributed by atoms with Crippen molar-refractivity contribution in [3.05, 3.63) is 160 Å². The van der Waals surface area contributed by atoms with Crippen molar-refractivity contribution in [2.75, 3.05) is 13.2 Å². The number of aromatic nitrogens is 2. The van der Waals surface area contributed by atoms with Gasteiger partial charge in [-0.3, -0.25) is 20.1 Å². The van der Waals surface area contributed by atoms with Crippen LogP contribution in [0.5, 0.6) is 17.2 Å². The number of rotatable bonds is 7. The molecule has 0 aliphatic carbocycles. The van der Waals surface area contributed by atoms with Gasteiger partial charge in [0.05, 0.1) is 35.7 Å². The summed E-state index contributed by atoms with van der Waals surface area (Å²) in [5, 5.41) is 14.5. The molecule has 1 amide bonds. The second-order valence-corrected chi connectivity index (χ2v) is 13.6. The van der Waals surface area contributed by atoms with Crippen molar-refractivity contribution < 1.29 is 38.4 Å². The minimum atomic E-state index is -0.604. The fraction of sp³-hybridized carbons (Fsp3) is 0.196. The van der Waals surface area contributed by atoms with Crippen LogP contribution in [0, 0.1) is 6.92 Å². The number of carbonyl (C=O) groups excluding carboxylic acids is 3. The molecule has 2 aliphatic heterocycles. The van der Waals surface area contributed by atoms with E-state index in [1.54, 1.807) is 26.1 Å². The second kappa shape index (κ2) is 16.4. The lowest BCUT2D eigenvalue weighted by Crippen LogP contribution is -2.33. The van der Waals surface area contributed by atoms with Crippen LogP contribution in [0.2, 0.25) is 0 Å². The number of aromatic hydroxyl groups is 1. The van der Waals surface area contributed by atoms with Crippen molar-refractivity contribution in [2.24, 2.45) is 0 Å². The van der Waals surface area contributed by atoms with E-state index < -0.39 is 17.8 Å². The predicted octanol–water partition coefficient (Wildman–Crippen LogP) is 8.28. The number of pyridine rings is 2. The summed E-state index contributed by atoms with van der Waals surface area (Å²) >= 11 is 0. The van der Waals surface area contributed by atoms with Gasteiger partial charge < -0.3 is 24.1 Å². The van der Waals surface area contributed by atoms with Crippen molar-refractivity contribution in [2.45, 2.75) is 46.5 Å². The zero-order chi connectivity index (χ0) is 40.2. The van der Waals surface area contributed by atoms with Crippen LogP contribution in [-0.4, -0.2) is 46.1 Å². The maximum atomic E-state index is 12.9. The standard InChI is InChI=1S/C23H20N2O5.C23H21NO3/c1-3-29-23(28)21-20(15-10-14-6-4-5-7-18(14)24-12-15)17-9-8-16(27)11-19(17)30-22(21)25-13(2)26;1-4-26-23(25)21-15(3)27-20-11-14(2)9-10-18(20)22(21)17-12-16-7-5-6-8-19(16)24-13-17/h4-12,20,27H,3H2,1-2H3,(H,25,26);5-13,22H,4H2,1-3H3. The van der Waals surface area contributed by atoms with Gasteiger partial charge in [-0.25, -0.2) is 9.59 Å². The first-order valence-corrected chi connectivity index (χ1v) is 18.6. The van der Waals surface area contributed by atoms with Gasteiger partial charge >= 0.3 is 11.9 Å². The number of carbonyl (C=O) groups is 3. The van der Waals surface area contributed by atoms with Crippen molar-refractivity contribution in [3.63, 3.8) is 0 Å². The van der Waals surface area contributed by atoms with E-state index in [4.69, 9.17) is 18.9 Å². The van der Waals surface area contributed by atoms with E-state index in [0.29, 0.717) is 29.3 Å².